The van der Waals surface area contributed by atoms with Gasteiger partial charge < -0.3 is 10.5 Å². The standard InChI is InChI=1S/C11H11F4NOS/c1-6(11(13,14)15)17-5-7-4-8(12)2-3-9(7)10(16)18/h2-4,6H,5H2,1H3,(H2,16,18). The molecule has 1 atom stereocenters. The van der Waals surface area contributed by atoms with E-state index in [-0.39, 0.29) is 10.6 Å². The average Bonchev–Trinajstić information content (AvgIpc) is 2.24. The van der Waals surface area contributed by atoms with Crippen molar-refractivity contribution in [1.29, 1.82) is 0 Å². The Kier molecular flexibility index (Phi) is 4.64. The van der Waals surface area contributed by atoms with Gasteiger partial charge in [-0.3, -0.25) is 0 Å². The second-order valence-electron chi connectivity index (χ2n) is 3.66. The summed E-state index contributed by atoms with van der Waals surface area (Å²) in [5.41, 5.74) is 5.89. The Bertz CT molecular complexity index is 447. The van der Waals surface area contributed by atoms with E-state index in [2.05, 4.69) is 4.74 Å². The lowest BCUT2D eigenvalue weighted by Gasteiger charge is -2.17. The van der Waals surface area contributed by atoms with Crippen molar-refractivity contribution in [3.05, 3.63) is 35.1 Å². The van der Waals surface area contributed by atoms with E-state index < -0.39 is 24.7 Å². The average molecular weight is 281 g/mol. The summed E-state index contributed by atoms with van der Waals surface area (Å²) in [6, 6.07) is 3.50. The zero-order chi connectivity index (χ0) is 13.9. The zero-order valence-electron chi connectivity index (χ0n) is 9.42. The van der Waals surface area contributed by atoms with E-state index in [0.717, 1.165) is 19.1 Å². The van der Waals surface area contributed by atoms with E-state index in [1.54, 1.807) is 0 Å². The molecule has 0 radical (unpaired) electrons. The molecule has 0 saturated heterocycles. The molecule has 0 aromatic heterocycles. The van der Waals surface area contributed by atoms with Crippen molar-refractivity contribution in [2.45, 2.75) is 25.8 Å². The van der Waals surface area contributed by atoms with Gasteiger partial charge in [0.2, 0.25) is 0 Å². The van der Waals surface area contributed by atoms with Crippen molar-refractivity contribution < 1.29 is 22.3 Å². The van der Waals surface area contributed by atoms with Gasteiger partial charge >= 0.3 is 6.18 Å². The number of thiocarbonyl (C=S) groups is 1. The van der Waals surface area contributed by atoms with Gasteiger partial charge in [-0.25, -0.2) is 4.39 Å². The fourth-order valence-electron chi connectivity index (χ4n) is 1.23. The summed E-state index contributed by atoms with van der Waals surface area (Å²) in [4.78, 5) is -0.0201. The molecular formula is C11H11F4NOS. The predicted molar refractivity (Wildman–Crippen MR) is 62.6 cm³/mol. The van der Waals surface area contributed by atoms with Crippen molar-refractivity contribution in [3.8, 4) is 0 Å². The van der Waals surface area contributed by atoms with Crippen molar-refractivity contribution in [3.63, 3.8) is 0 Å². The molecule has 1 rings (SSSR count). The SMILES string of the molecule is CC(OCc1cc(F)ccc1C(N)=S)C(F)(F)F. The Hall–Kier alpha value is -1.21. The van der Waals surface area contributed by atoms with Crippen molar-refractivity contribution in [1.82, 2.24) is 0 Å². The molecule has 0 aliphatic carbocycles. The number of halogens is 4. The van der Waals surface area contributed by atoms with Crippen LogP contribution in [0.3, 0.4) is 0 Å². The lowest BCUT2D eigenvalue weighted by molar-refractivity contribution is -0.217. The third kappa shape index (κ3) is 3.92. The lowest BCUT2D eigenvalue weighted by atomic mass is 10.1. The summed E-state index contributed by atoms with van der Waals surface area (Å²) >= 11 is 4.72. The molecule has 18 heavy (non-hydrogen) atoms. The highest BCUT2D eigenvalue weighted by molar-refractivity contribution is 7.80. The molecule has 2 nitrogen and oxygen atoms in total. The number of nitrogens with two attached hydrogens (primary N) is 1. The minimum Gasteiger partial charge on any atom is -0.389 e. The summed E-state index contributed by atoms with van der Waals surface area (Å²) in [7, 11) is 0. The van der Waals surface area contributed by atoms with Gasteiger partial charge in [-0.05, 0) is 30.7 Å². The molecule has 0 aliphatic rings. The third-order valence-electron chi connectivity index (χ3n) is 2.28. The van der Waals surface area contributed by atoms with Crippen LogP contribution in [0.25, 0.3) is 0 Å². The van der Waals surface area contributed by atoms with Gasteiger partial charge in [-0.15, -0.1) is 0 Å². The van der Waals surface area contributed by atoms with Gasteiger partial charge in [-0.2, -0.15) is 13.2 Å². The summed E-state index contributed by atoms with van der Waals surface area (Å²) in [6.07, 6.45) is -6.41. The zero-order valence-corrected chi connectivity index (χ0v) is 10.2. The Morgan fingerprint density at radius 1 is 1.44 bits per heavy atom. The van der Waals surface area contributed by atoms with Gasteiger partial charge in [-0.1, -0.05) is 12.2 Å². The van der Waals surface area contributed by atoms with E-state index >= 15 is 0 Å². The van der Waals surface area contributed by atoms with E-state index in [0.29, 0.717) is 5.56 Å². The minimum absolute atomic E-state index is 0.0201. The fourth-order valence-corrected chi connectivity index (χ4v) is 1.43. The molecule has 0 amide bonds. The Morgan fingerprint density at radius 2 is 2.06 bits per heavy atom. The molecule has 0 fully saturated rings. The maximum absolute atomic E-state index is 13.0. The summed E-state index contributed by atoms with van der Waals surface area (Å²) in [5.74, 6) is -0.590. The molecule has 1 aromatic carbocycles. The van der Waals surface area contributed by atoms with E-state index in [1.165, 1.54) is 6.07 Å². The van der Waals surface area contributed by atoms with Gasteiger partial charge in [0, 0.05) is 5.56 Å². The van der Waals surface area contributed by atoms with Crippen molar-refractivity contribution in [2.24, 2.45) is 5.73 Å². The first kappa shape index (κ1) is 14.8. The largest absolute Gasteiger partial charge is 0.414 e. The van der Waals surface area contributed by atoms with Crippen LogP contribution in [0, 0.1) is 5.82 Å². The number of hydrogen-bond donors (Lipinski definition) is 1. The van der Waals surface area contributed by atoms with Crippen LogP contribution in [0.4, 0.5) is 17.6 Å². The van der Waals surface area contributed by atoms with E-state index in [9.17, 15) is 17.6 Å². The highest BCUT2D eigenvalue weighted by Gasteiger charge is 2.36. The van der Waals surface area contributed by atoms with Crippen LogP contribution in [0.5, 0.6) is 0 Å². The first-order valence-corrected chi connectivity index (χ1v) is 5.39. The number of rotatable bonds is 4. The Morgan fingerprint density at radius 3 is 2.56 bits per heavy atom. The van der Waals surface area contributed by atoms with Gasteiger partial charge in [0.1, 0.15) is 10.8 Å². The van der Waals surface area contributed by atoms with Gasteiger partial charge in [0.05, 0.1) is 6.61 Å². The predicted octanol–water partition coefficient (Wildman–Crippen LogP) is 2.93. The first-order chi connectivity index (χ1) is 8.21. The third-order valence-corrected chi connectivity index (χ3v) is 2.50. The second kappa shape index (κ2) is 5.62. The van der Waals surface area contributed by atoms with Crippen LogP contribution in [-0.4, -0.2) is 17.3 Å². The van der Waals surface area contributed by atoms with E-state index in [1.807, 2.05) is 0 Å². The van der Waals surface area contributed by atoms with E-state index in [4.69, 9.17) is 18.0 Å². The molecule has 2 N–H and O–H groups in total. The minimum atomic E-state index is -4.46. The number of alkyl halides is 3. The topological polar surface area (TPSA) is 35.2 Å². The molecule has 0 aliphatic heterocycles. The molecule has 1 unspecified atom stereocenters. The maximum atomic E-state index is 13.0. The fraction of sp³-hybridized carbons (Fsp3) is 0.364. The van der Waals surface area contributed by atoms with Crippen LogP contribution in [0.1, 0.15) is 18.1 Å². The molecular weight excluding hydrogens is 270 g/mol. The summed E-state index contributed by atoms with van der Waals surface area (Å²) in [6.45, 7) is 0.463. The maximum Gasteiger partial charge on any atom is 0.414 e. The normalized spacial score (nSPS) is 13.4. The lowest BCUT2D eigenvalue weighted by Crippen LogP contribution is -2.28. The highest BCUT2D eigenvalue weighted by Crippen LogP contribution is 2.24. The van der Waals surface area contributed by atoms with Crippen LogP contribution >= 0.6 is 12.2 Å². The molecule has 0 saturated carbocycles. The number of benzene rings is 1. The second-order valence-corrected chi connectivity index (χ2v) is 4.10. The smallest absolute Gasteiger partial charge is 0.389 e. The van der Waals surface area contributed by atoms with Gasteiger partial charge in [0.15, 0.2) is 6.10 Å². The quantitative estimate of drug-likeness (QED) is 0.681. The number of hydrogen-bond acceptors (Lipinski definition) is 2. The van der Waals surface area contributed by atoms with Crippen LogP contribution in [0.15, 0.2) is 18.2 Å². The van der Waals surface area contributed by atoms with Crippen LogP contribution in [0.2, 0.25) is 0 Å². The molecule has 1 aromatic rings. The monoisotopic (exact) mass is 281 g/mol. The van der Waals surface area contributed by atoms with Gasteiger partial charge in [0.25, 0.3) is 0 Å². The van der Waals surface area contributed by atoms with Crippen LogP contribution in [-0.2, 0) is 11.3 Å². The Balaban J connectivity index is 2.84. The van der Waals surface area contributed by atoms with Crippen molar-refractivity contribution in [2.75, 3.05) is 0 Å². The van der Waals surface area contributed by atoms with Crippen LogP contribution < -0.4 is 5.73 Å². The molecule has 0 spiro atoms. The molecule has 0 heterocycles. The molecule has 7 heteroatoms. The number of ether oxygens (including phenoxy) is 1. The first-order valence-electron chi connectivity index (χ1n) is 4.98. The summed E-state index contributed by atoms with van der Waals surface area (Å²) < 4.78 is 54.4. The highest BCUT2D eigenvalue weighted by atomic mass is 32.1. The Labute approximate surface area is 107 Å². The summed E-state index contributed by atoms with van der Waals surface area (Å²) in [5, 5.41) is 0. The molecule has 0 bridgehead atoms. The van der Waals surface area contributed by atoms with Crippen molar-refractivity contribution >= 4 is 17.2 Å². The molecule has 100 valence electrons.